The number of anilines is 1. The molecule has 0 aliphatic rings. The highest BCUT2D eigenvalue weighted by molar-refractivity contribution is 6.05. The third-order valence-corrected chi connectivity index (χ3v) is 3.91. The number of fused-ring (bicyclic) bond motifs is 1. The molecule has 3 aromatic carbocycles. The van der Waals surface area contributed by atoms with Gasteiger partial charge in [0.15, 0.2) is 0 Å². The van der Waals surface area contributed by atoms with Crippen molar-refractivity contribution >= 4 is 34.5 Å². The van der Waals surface area contributed by atoms with E-state index in [0.29, 0.717) is 11.4 Å². The summed E-state index contributed by atoms with van der Waals surface area (Å²) in [6, 6.07) is 20.6. The second kappa shape index (κ2) is 8.62. The number of nitrogens with one attached hydrogen (secondary N) is 2. The van der Waals surface area contributed by atoms with Crippen LogP contribution in [0.2, 0.25) is 0 Å². The molecule has 0 radical (unpaired) electrons. The monoisotopic (exact) mass is 361 g/mol. The molecule has 0 aliphatic heterocycles. The Morgan fingerprint density at radius 2 is 1.70 bits per heavy atom. The van der Waals surface area contributed by atoms with Crippen LogP contribution in [0.25, 0.3) is 10.8 Å². The lowest BCUT2D eigenvalue weighted by molar-refractivity contribution is -0.126. The zero-order valence-corrected chi connectivity index (χ0v) is 14.8. The topological polar surface area (TPSA) is 79.8 Å². The molecule has 0 spiro atoms. The summed E-state index contributed by atoms with van der Waals surface area (Å²) in [7, 11) is 1.58. The molecule has 0 aliphatic carbocycles. The highest BCUT2D eigenvalue weighted by Gasteiger charge is 2.09. The first-order valence-corrected chi connectivity index (χ1v) is 8.40. The Labute approximate surface area is 156 Å². The normalized spacial score (nSPS) is 10.7. The van der Waals surface area contributed by atoms with E-state index in [1.165, 1.54) is 6.21 Å². The van der Waals surface area contributed by atoms with Gasteiger partial charge in [0.05, 0.1) is 13.3 Å². The van der Waals surface area contributed by atoms with Crippen LogP contribution in [-0.4, -0.2) is 25.1 Å². The lowest BCUT2D eigenvalue weighted by atomic mass is 10.0. The van der Waals surface area contributed by atoms with Gasteiger partial charge in [-0.05, 0) is 29.0 Å². The number of methoxy groups -OCH3 is 1. The van der Waals surface area contributed by atoms with E-state index < -0.39 is 11.8 Å². The molecule has 6 heteroatoms. The van der Waals surface area contributed by atoms with Gasteiger partial charge in [-0.15, -0.1) is 0 Å². The average Bonchev–Trinajstić information content (AvgIpc) is 2.68. The molecule has 0 unspecified atom stereocenters. The molecule has 2 N–H and O–H groups in total. The Balaban J connectivity index is 1.64. The number of ether oxygens (including phenoxy) is 1. The quantitative estimate of drug-likeness (QED) is 0.401. The summed E-state index contributed by atoms with van der Waals surface area (Å²) in [4.78, 5) is 23.8. The van der Waals surface area contributed by atoms with E-state index in [-0.39, 0.29) is 6.42 Å². The molecule has 0 atom stereocenters. The Morgan fingerprint density at radius 3 is 2.48 bits per heavy atom. The molecule has 0 heterocycles. The third kappa shape index (κ3) is 4.70. The number of carbonyl (C=O) groups is 2. The first kappa shape index (κ1) is 18.1. The maximum absolute atomic E-state index is 11.9. The number of benzene rings is 3. The number of hydrazone groups is 1. The van der Waals surface area contributed by atoms with Crippen molar-refractivity contribution in [3.05, 3.63) is 72.3 Å². The second-order valence-corrected chi connectivity index (χ2v) is 5.79. The highest BCUT2D eigenvalue weighted by atomic mass is 16.5. The van der Waals surface area contributed by atoms with Crippen molar-refractivity contribution < 1.29 is 14.3 Å². The summed E-state index contributed by atoms with van der Waals surface area (Å²) in [5, 5.41) is 8.62. The molecule has 2 amide bonds. The number of para-hydroxylation sites is 1. The van der Waals surface area contributed by atoms with E-state index in [1.54, 1.807) is 31.4 Å². The molecule has 0 saturated carbocycles. The molecule has 0 fully saturated rings. The average molecular weight is 361 g/mol. The molecule has 0 aromatic heterocycles. The van der Waals surface area contributed by atoms with Crippen molar-refractivity contribution in [2.24, 2.45) is 5.10 Å². The van der Waals surface area contributed by atoms with Crippen molar-refractivity contribution in [3.8, 4) is 5.75 Å². The first-order chi connectivity index (χ1) is 13.2. The largest absolute Gasteiger partial charge is 0.496 e. The van der Waals surface area contributed by atoms with E-state index in [4.69, 9.17) is 4.74 Å². The van der Waals surface area contributed by atoms with Gasteiger partial charge in [-0.1, -0.05) is 48.5 Å². The highest BCUT2D eigenvalue weighted by Crippen LogP contribution is 2.26. The van der Waals surface area contributed by atoms with Crippen LogP contribution >= 0.6 is 0 Å². The molecular weight excluding hydrogens is 342 g/mol. The molecule has 0 bridgehead atoms. The smallest absolute Gasteiger partial charge is 0.249 e. The van der Waals surface area contributed by atoms with Crippen LogP contribution in [-0.2, 0) is 9.59 Å². The van der Waals surface area contributed by atoms with Crippen molar-refractivity contribution in [3.63, 3.8) is 0 Å². The number of hydrogen-bond donors (Lipinski definition) is 2. The van der Waals surface area contributed by atoms with Gasteiger partial charge in [0, 0.05) is 11.3 Å². The number of nitrogens with zero attached hydrogens (tertiary/aromatic N) is 1. The summed E-state index contributed by atoms with van der Waals surface area (Å²) in [5.41, 5.74) is 3.77. The standard InChI is InChI=1S/C21H19N3O3/c1-27-19-12-11-15-7-5-6-10-17(15)18(19)14-22-24-21(26)13-20(25)23-16-8-3-2-4-9-16/h2-12,14H,13H2,1H3,(H,23,25)(H,24,26). The molecule has 6 nitrogen and oxygen atoms in total. The van der Waals surface area contributed by atoms with Crippen LogP contribution in [0.3, 0.4) is 0 Å². The van der Waals surface area contributed by atoms with Crippen LogP contribution in [0, 0.1) is 0 Å². The van der Waals surface area contributed by atoms with Crippen LogP contribution < -0.4 is 15.5 Å². The van der Waals surface area contributed by atoms with Gasteiger partial charge in [-0.2, -0.15) is 5.10 Å². The van der Waals surface area contributed by atoms with E-state index >= 15 is 0 Å². The predicted molar refractivity (Wildman–Crippen MR) is 106 cm³/mol. The number of carbonyl (C=O) groups excluding carboxylic acids is 2. The van der Waals surface area contributed by atoms with Gasteiger partial charge in [0.1, 0.15) is 12.2 Å². The molecule has 3 rings (SSSR count). The Morgan fingerprint density at radius 1 is 0.963 bits per heavy atom. The van der Waals surface area contributed by atoms with Crippen molar-refractivity contribution in [2.45, 2.75) is 6.42 Å². The Hall–Kier alpha value is -3.67. The van der Waals surface area contributed by atoms with Crippen molar-refractivity contribution in [1.29, 1.82) is 0 Å². The molecule has 3 aromatic rings. The van der Waals surface area contributed by atoms with Crippen molar-refractivity contribution in [2.75, 3.05) is 12.4 Å². The maximum Gasteiger partial charge on any atom is 0.249 e. The number of rotatable bonds is 6. The fourth-order valence-electron chi connectivity index (χ4n) is 2.67. The van der Waals surface area contributed by atoms with Gasteiger partial charge in [0.25, 0.3) is 0 Å². The van der Waals surface area contributed by atoms with Gasteiger partial charge < -0.3 is 10.1 Å². The lowest BCUT2D eigenvalue weighted by Gasteiger charge is -2.08. The minimum absolute atomic E-state index is 0.321. The molecular formula is C21H19N3O3. The second-order valence-electron chi connectivity index (χ2n) is 5.79. The third-order valence-electron chi connectivity index (χ3n) is 3.91. The number of hydrogen-bond acceptors (Lipinski definition) is 4. The number of amides is 2. The van der Waals surface area contributed by atoms with Crippen LogP contribution in [0.5, 0.6) is 5.75 Å². The van der Waals surface area contributed by atoms with Crippen LogP contribution in [0.1, 0.15) is 12.0 Å². The predicted octanol–water partition coefficient (Wildman–Crippen LogP) is 3.33. The van der Waals surface area contributed by atoms with Crippen LogP contribution in [0.15, 0.2) is 71.8 Å². The fourth-order valence-corrected chi connectivity index (χ4v) is 2.67. The summed E-state index contributed by atoms with van der Waals surface area (Å²) in [5.74, 6) is -0.260. The summed E-state index contributed by atoms with van der Waals surface area (Å²) < 4.78 is 5.37. The van der Waals surface area contributed by atoms with E-state index in [2.05, 4.69) is 15.8 Å². The summed E-state index contributed by atoms with van der Waals surface area (Å²) >= 11 is 0. The minimum atomic E-state index is -0.501. The summed E-state index contributed by atoms with van der Waals surface area (Å²) in [6.07, 6.45) is 1.20. The lowest BCUT2D eigenvalue weighted by Crippen LogP contribution is -2.24. The Bertz CT molecular complexity index is 984. The van der Waals surface area contributed by atoms with Crippen molar-refractivity contribution in [1.82, 2.24) is 5.43 Å². The first-order valence-electron chi connectivity index (χ1n) is 8.40. The zero-order valence-electron chi connectivity index (χ0n) is 14.8. The molecule has 0 saturated heterocycles. The van der Waals surface area contributed by atoms with E-state index in [0.717, 1.165) is 16.3 Å². The van der Waals surface area contributed by atoms with Gasteiger partial charge in [-0.3, -0.25) is 9.59 Å². The van der Waals surface area contributed by atoms with Crippen LogP contribution in [0.4, 0.5) is 5.69 Å². The maximum atomic E-state index is 11.9. The van der Waals surface area contributed by atoms with E-state index in [9.17, 15) is 9.59 Å². The van der Waals surface area contributed by atoms with E-state index in [1.807, 2.05) is 42.5 Å². The SMILES string of the molecule is COc1ccc2ccccc2c1C=NNC(=O)CC(=O)Nc1ccccc1. The van der Waals surface area contributed by atoms with Gasteiger partial charge >= 0.3 is 0 Å². The zero-order chi connectivity index (χ0) is 19.1. The molecule has 136 valence electrons. The fraction of sp³-hybridized carbons (Fsp3) is 0.0952. The minimum Gasteiger partial charge on any atom is -0.496 e. The summed E-state index contributed by atoms with van der Waals surface area (Å²) in [6.45, 7) is 0. The van der Waals surface area contributed by atoms with Gasteiger partial charge in [0.2, 0.25) is 11.8 Å². The molecule has 27 heavy (non-hydrogen) atoms. The van der Waals surface area contributed by atoms with Gasteiger partial charge in [-0.25, -0.2) is 5.43 Å². The Kier molecular flexibility index (Phi) is 5.79.